The molecule has 0 spiro atoms. The summed E-state index contributed by atoms with van der Waals surface area (Å²) in [5, 5.41) is 11.4. The summed E-state index contributed by atoms with van der Waals surface area (Å²) in [5.41, 5.74) is 1.14. The van der Waals surface area contributed by atoms with E-state index in [4.69, 9.17) is 5.11 Å². The zero-order valence-corrected chi connectivity index (χ0v) is 9.30. The number of rotatable bonds is 1. The van der Waals surface area contributed by atoms with Crippen molar-refractivity contribution in [1.82, 2.24) is 0 Å². The van der Waals surface area contributed by atoms with Gasteiger partial charge < -0.3 is 5.11 Å². The van der Waals surface area contributed by atoms with Crippen LogP contribution < -0.4 is 0 Å². The monoisotopic (exact) mass is 222 g/mol. The van der Waals surface area contributed by atoms with Gasteiger partial charge in [-0.05, 0) is 34.6 Å². The zero-order chi connectivity index (χ0) is 10.7. The van der Waals surface area contributed by atoms with Crippen molar-refractivity contribution in [1.29, 1.82) is 0 Å². The predicted molar refractivity (Wildman–Crippen MR) is 64.8 cm³/mol. The second kappa shape index (κ2) is 4.62. The highest BCUT2D eigenvalue weighted by molar-refractivity contribution is 8.15. The Morgan fingerprint density at radius 1 is 1.13 bits per heavy atom. The highest BCUT2D eigenvalue weighted by atomic mass is 32.2. The SMILES string of the molecule is O=C1CCS(=Cc2ccc(O)cc2)CC1. The van der Waals surface area contributed by atoms with E-state index in [9.17, 15) is 4.79 Å². The fourth-order valence-electron chi connectivity index (χ4n) is 1.58. The third-order valence-electron chi connectivity index (χ3n) is 2.48. The van der Waals surface area contributed by atoms with Crippen molar-refractivity contribution in [2.75, 3.05) is 11.5 Å². The number of carbonyl (C=O) groups excluding carboxylic acids is 1. The average Bonchev–Trinajstić information content (AvgIpc) is 2.25. The van der Waals surface area contributed by atoms with E-state index in [0.29, 0.717) is 11.5 Å². The summed E-state index contributed by atoms with van der Waals surface area (Å²) in [7, 11) is 0.250. The average molecular weight is 222 g/mol. The van der Waals surface area contributed by atoms with Gasteiger partial charge >= 0.3 is 0 Å². The molecule has 3 heteroatoms. The molecule has 1 saturated heterocycles. The molecule has 1 N–H and O–H groups in total. The zero-order valence-electron chi connectivity index (χ0n) is 8.48. The predicted octanol–water partition coefficient (Wildman–Crippen LogP) is 2.17. The molecule has 0 unspecified atom stereocenters. The second-order valence-corrected chi connectivity index (χ2v) is 5.82. The molecule has 0 amide bonds. The van der Waals surface area contributed by atoms with Gasteiger partial charge in [0.05, 0.1) is 0 Å². The van der Waals surface area contributed by atoms with Crippen LogP contribution in [0.5, 0.6) is 5.75 Å². The van der Waals surface area contributed by atoms with Crippen LogP contribution in [0.3, 0.4) is 0 Å². The molecule has 0 aromatic heterocycles. The Morgan fingerprint density at radius 3 is 2.33 bits per heavy atom. The molecule has 0 aliphatic carbocycles. The quantitative estimate of drug-likeness (QED) is 0.739. The fourth-order valence-corrected chi connectivity index (χ4v) is 3.54. The van der Waals surface area contributed by atoms with Crippen molar-refractivity contribution >= 4 is 21.6 Å². The molecule has 2 rings (SSSR count). The Morgan fingerprint density at radius 2 is 1.73 bits per heavy atom. The topological polar surface area (TPSA) is 37.3 Å². The second-order valence-electron chi connectivity index (χ2n) is 3.69. The van der Waals surface area contributed by atoms with E-state index in [-0.39, 0.29) is 10.5 Å². The molecule has 1 heterocycles. The van der Waals surface area contributed by atoms with Gasteiger partial charge in [-0.15, -0.1) is 0 Å². The van der Waals surface area contributed by atoms with Gasteiger partial charge in [0.2, 0.25) is 0 Å². The molecule has 1 aromatic rings. The number of Topliss-reactive ketones (excluding diaryl/α,β-unsaturated/α-hetero) is 1. The Bertz CT molecular complexity index is 381. The molecule has 1 fully saturated rings. The maximum absolute atomic E-state index is 11.1. The van der Waals surface area contributed by atoms with Gasteiger partial charge in [0.1, 0.15) is 11.5 Å². The lowest BCUT2D eigenvalue weighted by molar-refractivity contribution is -0.118. The van der Waals surface area contributed by atoms with Crippen molar-refractivity contribution in [3.05, 3.63) is 29.8 Å². The van der Waals surface area contributed by atoms with Crippen LogP contribution in [-0.2, 0) is 4.79 Å². The van der Waals surface area contributed by atoms with E-state index in [1.807, 2.05) is 12.1 Å². The van der Waals surface area contributed by atoms with Crippen molar-refractivity contribution in [2.24, 2.45) is 0 Å². The maximum Gasteiger partial charge on any atom is 0.134 e. The number of hydrogen-bond acceptors (Lipinski definition) is 2. The molecule has 0 atom stereocenters. The minimum atomic E-state index is 0.250. The molecule has 1 aromatic carbocycles. The summed E-state index contributed by atoms with van der Waals surface area (Å²) in [6.45, 7) is 0. The lowest BCUT2D eigenvalue weighted by Gasteiger charge is -2.14. The fraction of sp³-hybridized carbons (Fsp3) is 0.333. The van der Waals surface area contributed by atoms with Crippen LogP contribution in [0.1, 0.15) is 18.4 Å². The van der Waals surface area contributed by atoms with E-state index in [1.165, 1.54) is 0 Å². The van der Waals surface area contributed by atoms with Crippen molar-refractivity contribution < 1.29 is 9.90 Å². The van der Waals surface area contributed by atoms with E-state index in [2.05, 4.69) is 5.37 Å². The molecular formula is C12H14O2S. The molecule has 15 heavy (non-hydrogen) atoms. The number of ketones is 1. The van der Waals surface area contributed by atoms with E-state index in [1.54, 1.807) is 12.1 Å². The first kappa shape index (κ1) is 10.4. The molecule has 0 saturated carbocycles. The normalized spacial score (nSPS) is 17.7. The van der Waals surface area contributed by atoms with Crippen LogP contribution in [0.25, 0.3) is 0 Å². The highest BCUT2D eigenvalue weighted by Crippen LogP contribution is 2.23. The molecule has 0 bridgehead atoms. The lowest BCUT2D eigenvalue weighted by atomic mass is 10.2. The number of benzene rings is 1. The molecule has 0 radical (unpaired) electrons. The number of hydrogen-bond donors (Lipinski definition) is 1. The maximum atomic E-state index is 11.1. The molecule has 80 valence electrons. The van der Waals surface area contributed by atoms with Gasteiger partial charge in [0.15, 0.2) is 0 Å². The van der Waals surface area contributed by atoms with E-state index >= 15 is 0 Å². The van der Waals surface area contributed by atoms with Crippen LogP contribution >= 0.6 is 10.5 Å². The molecular weight excluding hydrogens is 208 g/mol. The van der Waals surface area contributed by atoms with Crippen LogP contribution in [0.4, 0.5) is 0 Å². The van der Waals surface area contributed by atoms with Crippen LogP contribution in [0.15, 0.2) is 24.3 Å². The summed E-state index contributed by atoms with van der Waals surface area (Å²) in [4.78, 5) is 11.1. The molecule has 2 nitrogen and oxygen atoms in total. The first-order valence-electron chi connectivity index (χ1n) is 5.06. The van der Waals surface area contributed by atoms with Crippen molar-refractivity contribution in [2.45, 2.75) is 12.8 Å². The van der Waals surface area contributed by atoms with Gasteiger partial charge in [-0.25, -0.2) is 0 Å². The van der Waals surface area contributed by atoms with E-state index in [0.717, 1.165) is 29.9 Å². The number of phenols is 1. The van der Waals surface area contributed by atoms with Gasteiger partial charge in [-0.3, -0.25) is 4.79 Å². The van der Waals surface area contributed by atoms with Crippen molar-refractivity contribution in [3.63, 3.8) is 0 Å². The largest absolute Gasteiger partial charge is 0.508 e. The van der Waals surface area contributed by atoms with Gasteiger partial charge in [-0.2, -0.15) is 10.5 Å². The molecule has 1 aliphatic rings. The third kappa shape index (κ3) is 2.93. The van der Waals surface area contributed by atoms with Gasteiger partial charge in [-0.1, -0.05) is 12.1 Å². The van der Waals surface area contributed by atoms with Crippen LogP contribution in [0.2, 0.25) is 0 Å². The standard InChI is InChI=1S/C12H14O2S/c13-11-3-1-10(2-4-11)9-15-7-5-12(14)6-8-15/h1-4,9,13H,5-8H2. The number of phenolic OH excluding ortho intramolecular Hbond substituents is 1. The summed E-state index contributed by atoms with van der Waals surface area (Å²) in [6.07, 6.45) is 1.47. The first-order valence-corrected chi connectivity index (χ1v) is 6.68. The van der Waals surface area contributed by atoms with Crippen molar-refractivity contribution in [3.8, 4) is 5.75 Å². The molecule has 1 aliphatic heterocycles. The number of aromatic hydroxyl groups is 1. The van der Waals surface area contributed by atoms with Gasteiger partial charge in [0.25, 0.3) is 0 Å². The Labute approximate surface area is 91.9 Å². The minimum Gasteiger partial charge on any atom is -0.508 e. The lowest BCUT2D eigenvalue weighted by Crippen LogP contribution is -2.10. The minimum absolute atomic E-state index is 0.250. The third-order valence-corrected chi connectivity index (χ3v) is 4.54. The Balaban J connectivity index is 2.09. The Kier molecular flexibility index (Phi) is 3.21. The Hall–Kier alpha value is -1.09. The van der Waals surface area contributed by atoms with Gasteiger partial charge in [0, 0.05) is 12.8 Å². The summed E-state index contributed by atoms with van der Waals surface area (Å²) in [6, 6.07) is 7.23. The summed E-state index contributed by atoms with van der Waals surface area (Å²) >= 11 is 0. The first-order chi connectivity index (χ1) is 7.24. The van der Waals surface area contributed by atoms with Crippen LogP contribution in [-0.4, -0.2) is 27.8 Å². The number of carbonyl (C=O) groups is 1. The summed E-state index contributed by atoms with van der Waals surface area (Å²) < 4.78 is 0. The highest BCUT2D eigenvalue weighted by Gasteiger charge is 2.11. The van der Waals surface area contributed by atoms with Crippen LogP contribution in [0, 0.1) is 0 Å². The smallest absolute Gasteiger partial charge is 0.134 e. The summed E-state index contributed by atoms with van der Waals surface area (Å²) in [5.74, 6) is 2.70. The van der Waals surface area contributed by atoms with E-state index < -0.39 is 0 Å².